The van der Waals surface area contributed by atoms with Crippen molar-refractivity contribution in [1.82, 2.24) is 19.9 Å². The third-order valence-corrected chi connectivity index (χ3v) is 3.38. The average molecular weight is 315 g/mol. The van der Waals surface area contributed by atoms with Crippen LogP contribution in [0, 0.1) is 0 Å². The topological polar surface area (TPSA) is 117 Å². The van der Waals surface area contributed by atoms with Gasteiger partial charge in [-0.25, -0.2) is 19.7 Å². The molecule has 120 valence electrons. The fourth-order valence-electron chi connectivity index (χ4n) is 2.09. The molecule has 0 atom stereocenters. The van der Waals surface area contributed by atoms with Gasteiger partial charge in [0.25, 0.3) is 0 Å². The van der Waals surface area contributed by atoms with Crippen molar-refractivity contribution in [3.8, 4) is 0 Å². The Morgan fingerprint density at radius 3 is 2.83 bits per heavy atom. The lowest BCUT2D eigenvalue weighted by molar-refractivity contribution is 0.0691. The Labute approximate surface area is 132 Å². The van der Waals surface area contributed by atoms with Gasteiger partial charge in [0, 0.05) is 5.41 Å². The third kappa shape index (κ3) is 3.01. The van der Waals surface area contributed by atoms with E-state index >= 15 is 0 Å². The lowest BCUT2D eigenvalue weighted by atomic mass is 9.93. The van der Waals surface area contributed by atoms with Gasteiger partial charge in [0.05, 0.1) is 17.6 Å². The highest BCUT2D eigenvalue weighted by Gasteiger charge is 2.19. The van der Waals surface area contributed by atoms with Crippen LogP contribution in [0.1, 0.15) is 42.8 Å². The monoisotopic (exact) mass is 315 g/mol. The summed E-state index contributed by atoms with van der Waals surface area (Å²) < 4.78 is 5.45. The van der Waals surface area contributed by atoms with Gasteiger partial charge in [0.1, 0.15) is 29.7 Å². The van der Waals surface area contributed by atoms with Gasteiger partial charge in [-0.3, -0.25) is 0 Å². The highest BCUT2D eigenvalue weighted by Crippen LogP contribution is 2.23. The zero-order valence-electron chi connectivity index (χ0n) is 13.0. The van der Waals surface area contributed by atoms with Crippen LogP contribution >= 0.6 is 0 Å². The van der Waals surface area contributed by atoms with E-state index < -0.39 is 5.97 Å². The second kappa shape index (κ2) is 5.38. The molecule has 0 saturated heterocycles. The van der Waals surface area contributed by atoms with E-state index in [0.29, 0.717) is 29.3 Å². The largest absolute Gasteiger partial charge is 0.477 e. The van der Waals surface area contributed by atoms with Crippen LogP contribution in [0.5, 0.6) is 0 Å². The molecule has 0 aliphatic carbocycles. The summed E-state index contributed by atoms with van der Waals surface area (Å²) in [6, 6.07) is 1.50. The number of carboxylic acid groups (broad SMARTS) is 1. The number of nitrogens with one attached hydrogen (secondary N) is 2. The van der Waals surface area contributed by atoms with Crippen molar-refractivity contribution in [2.75, 3.05) is 5.32 Å². The zero-order chi connectivity index (χ0) is 16.6. The average Bonchev–Trinajstić information content (AvgIpc) is 3.11. The fourth-order valence-corrected chi connectivity index (χ4v) is 2.09. The van der Waals surface area contributed by atoms with E-state index in [1.807, 2.05) is 0 Å². The van der Waals surface area contributed by atoms with E-state index in [4.69, 9.17) is 9.52 Å². The summed E-state index contributed by atoms with van der Waals surface area (Å²) >= 11 is 0. The molecule has 0 saturated carbocycles. The Morgan fingerprint density at radius 2 is 2.17 bits per heavy atom. The molecular formula is C15H17N5O3. The number of aromatic carboxylic acids is 1. The Balaban J connectivity index is 1.82. The number of nitrogens with zero attached hydrogens (tertiary/aromatic N) is 3. The summed E-state index contributed by atoms with van der Waals surface area (Å²) in [5.41, 5.74) is 1.32. The standard InChI is InChI=1S/C15H17N5O3/c1-15(2,3)10-6-23-11(20-10)5-16-12-8-4-9(14(21)22)19-13(8)18-7-17-12/h4,6-7H,5H2,1-3H3,(H,21,22)(H2,16,17,18,19). The predicted molar refractivity (Wildman–Crippen MR) is 83.4 cm³/mol. The van der Waals surface area contributed by atoms with Crippen molar-refractivity contribution in [3.63, 3.8) is 0 Å². The second-order valence-corrected chi connectivity index (χ2v) is 6.20. The van der Waals surface area contributed by atoms with Crippen molar-refractivity contribution in [3.05, 3.63) is 35.9 Å². The van der Waals surface area contributed by atoms with E-state index in [2.05, 4.69) is 46.0 Å². The van der Waals surface area contributed by atoms with E-state index in [1.54, 1.807) is 6.26 Å². The Morgan fingerprint density at radius 1 is 1.39 bits per heavy atom. The molecule has 8 nitrogen and oxygen atoms in total. The predicted octanol–water partition coefficient (Wildman–Crippen LogP) is 2.55. The van der Waals surface area contributed by atoms with Crippen LogP contribution in [0.3, 0.4) is 0 Å². The van der Waals surface area contributed by atoms with Crippen LogP contribution in [-0.4, -0.2) is 31.0 Å². The maximum Gasteiger partial charge on any atom is 0.352 e. The minimum atomic E-state index is -1.04. The van der Waals surface area contributed by atoms with Gasteiger partial charge < -0.3 is 19.8 Å². The van der Waals surface area contributed by atoms with Crippen molar-refractivity contribution >= 4 is 22.8 Å². The molecule has 3 aromatic rings. The number of rotatable bonds is 4. The molecular weight excluding hydrogens is 298 g/mol. The Kier molecular flexibility index (Phi) is 3.51. The maximum absolute atomic E-state index is 11.0. The van der Waals surface area contributed by atoms with Crippen molar-refractivity contribution < 1.29 is 14.3 Å². The third-order valence-electron chi connectivity index (χ3n) is 3.38. The number of carbonyl (C=O) groups is 1. The SMILES string of the molecule is CC(C)(C)c1coc(CNc2ncnc3[nH]c(C(=O)O)cc23)n1. The van der Waals surface area contributed by atoms with Crippen LogP contribution in [-0.2, 0) is 12.0 Å². The molecule has 3 rings (SSSR count). The summed E-state index contributed by atoms with van der Waals surface area (Å²) in [5, 5.41) is 12.7. The van der Waals surface area contributed by atoms with Crippen LogP contribution in [0.2, 0.25) is 0 Å². The van der Waals surface area contributed by atoms with Gasteiger partial charge in [-0.1, -0.05) is 20.8 Å². The molecule has 8 heteroatoms. The lowest BCUT2D eigenvalue weighted by Gasteiger charge is -2.13. The van der Waals surface area contributed by atoms with Crippen molar-refractivity contribution in [1.29, 1.82) is 0 Å². The molecule has 0 radical (unpaired) electrons. The van der Waals surface area contributed by atoms with Crippen molar-refractivity contribution in [2.24, 2.45) is 0 Å². The number of aromatic nitrogens is 4. The molecule has 0 unspecified atom stereocenters. The highest BCUT2D eigenvalue weighted by atomic mass is 16.4. The first-order valence-corrected chi connectivity index (χ1v) is 7.10. The number of fused-ring (bicyclic) bond motifs is 1. The van der Waals surface area contributed by atoms with Gasteiger partial charge in [-0.15, -0.1) is 0 Å². The molecule has 0 amide bonds. The minimum Gasteiger partial charge on any atom is -0.477 e. The number of anilines is 1. The molecule has 0 fully saturated rings. The van der Waals surface area contributed by atoms with Crippen LogP contribution in [0.25, 0.3) is 11.0 Å². The minimum absolute atomic E-state index is 0.0645. The van der Waals surface area contributed by atoms with Crippen LogP contribution < -0.4 is 5.32 Å². The summed E-state index contributed by atoms with van der Waals surface area (Å²) in [6.07, 6.45) is 3.01. The molecule has 0 aliphatic rings. The molecule has 3 aromatic heterocycles. The number of carboxylic acids is 1. The molecule has 0 aliphatic heterocycles. The maximum atomic E-state index is 11.0. The molecule has 3 heterocycles. The summed E-state index contributed by atoms with van der Waals surface area (Å²) in [6.45, 7) is 6.52. The summed E-state index contributed by atoms with van der Waals surface area (Å²) in [4.78, 5) is 26.4. The van der Waals surface area contributed by atoms with Crippen molar-refractivity contribution in [2.45, 2.75) is 32.7 Å². The summed E-state index contributed by atoms with van der Waals surface area (Å²) in [5.74, 6) is 0.0152. The molecule has 23 heavy (non-hydrogen) atoms. The van der Waals surface area contributed by atoms with Gasteiger partial charge >= 0.3 is 5.97 Å². The molecule has 0 aromatic carbocycles. The van der Waals surface area contributed by atoms with E-state index in [9.17, 15) is 4.79 Å². The fraction of sp³-hybridized carbons (Fsp3) is 0.333. The van der Waals surface area contributed by atoms with Gasteiger partial charge in [0.15, 0.2) is 0 Å². The Bertz CT molecular complexity index is 859. The second-order valence-electron chi connectivity index (χ2n) is 6.20. The van der Waals surface area contributed by atoms with Crippen LogP contribution in [0.4, 0.5) is 5.82 Å². The normalized spacial score (nSPS) is 11.8. The van der Waals surface area contributed by atoms with Gasteiger partial charge in [-0.2, -0.15) is 0 Å². The smallest absolute Gasteiger partial charge is 0.352 e. The zero-order valence-corrected chi connectivity index (χ0v) is 13.0. The van der Waals surface area contributed by atoms with Gasteiger partial charge in [-0.05, 0) is 6.07 Å². The van der Waals surface area contributed by atoms with E-state index in [-0.39, 0.29) is 11.1 Å². The summed E-state index contributed by atoms with van der Waals surface area (Å²) in [7, 11) is 0. The molecule has 3 N–H and O–H groups in total. The highest BCUT2D eigenvalue weighted by molar-refractivity contribution is 5.96. The molecule has 0 spiro atoms. The quantitative estimate of drug-likeness (QED) is 0.677. The van der Waals surface area contributed by atoms with Gasteiger partial charge in [0.2, 0.25) is 5.89 Å². The lowest BCUT2D eigenvalue weighted by Crippen LogP contribution is -2.12. The molecule has 0 bridgehead atoms. The first kappa shape index (κ1) is 15.0. The number of H-pyrrole nitrogens is 1. The Hall–Kier alpha value is -2.90. The first-order chi connectivity index (χ1) is 10.8. The van der Waals surface area contributed by atoms with E-state index in [0.717, 1.165) is 5.69 Å². The number of hydrogen-bond acceptors (Lipinski definition) is 6. The van der Waals surface area contributed by atoms with E-state index in [1.165, 1.54) is 12.4 Å². The number of oxazole rings is 1. The first-order valence-electron chi connectivity index (χ1n) is 7.10. The number of hydrogen-bond donors (Lipinski definition) is 3. The number of aromatic amines is 1. The van der Waals surface area contributed by atoms with Crippen LogP contribution in [0.15, 0.2) is 23.1 Å².